The molecule has 1 N–H and O–H groups in total. The van der Waals surface area contributed by atoms with Gasteiger partial charge in [0.05, 0.1) is 17.3 Å². The minimum atomic E-state index is -3.36. The molecule has 0 unspecified atom stereocenters. The van der Waals surface area contributed by atoms with E-state index in [0.29, 0.717) is 15.9 Å². The lowest BCUT2D eigenvalue weighted by Gasteiger charge is -2.26. The van der Waals surface area contributed by atoms with E-state index in [-0.39, 0.29) is 0 Å². The van der Waals surface area contributed by atoms with E-state index in [9.17, 15) is 27.2 Å². The summed E-state index contributed by atoms with van der Waals surface area (Å²) in [5.41, 5.74) is -0.443. The Morgan fingerprint density at radius 3 is 2.52 bits per heavy atom. The zero-order valence-corrected chi connectivity index (χ0v) is 12.5. The predicted molar refractivity (Wildman–Crippen MR) is 72.9 cm³/mol. The van der Waals surface area contributed by atoms with Crippen molar-refractivity contribution in [2.24, 2.45) is 0 Å². The number of hydrogen-bond acceptors (Lipinski definition) is 2. The molecule has 2 amide bonds. The summed E-state index contributed by atoms with van der Waals surface area (Å²) in [5, 5.41) is 8.46. The highest BCUT2D eigenvalue weighted by molar-refractivity contribution is 6.31. The normalized spacial score (nSPS) is 19.7. The molecule has 1 aliphatic heterocycles. The number of rotatable bonds is 2. The molecule has 1 aliphatic rings. The van der Waals surface area contributed by atoms with Crippen LogP contribution in [0.4, 0.5) is 28.0 Å². The monoisotopic (exact) mass is 354 g/mol. The van der Waals surface area contributed by atoms with Gasteiger partial charge in [-0.25, -0.2) is 22.4 Å². The van der Waals surface area contributed by atoms with Crippen molar-refractivity contribution < 1.29 is 32.3 Å². The van der Waals surface area contributed by atoms with Crippen LogP contribution in [-0.4, -0.2) is 47.6 Å². The van der Waals surface area contributed by atoms with Gasteiger partial charge < -0.3 is 10.0 Å². The van der Waals surface area contributed by atoms with Crippen molar-refractivity contribution in [1.82, 2.24) is 4.90 Å². The maximum atomic E-state index is 13.8. The summed E-state index contributed by atoms with van der Waals surface area (Å²) in [6.45, 7) is -1.13. The molecular formula is C13H11ClF4N2O3. The zero-order chi connectivity index (χ0) is 17.5. The second kappa shape index (κ2) is 5.88. The molecule has 5 nitrogen and oxygen atoms in total. The van der Waals surface area contributed by atoms with Crippen LogP contribution in [0.2, 0.25) is 5.02 Å². The van der Waals surface area contributed by atoms with E-state index in [2.05, 4.69) is 0 Å². The van der Waals surface area contributed by atoms with Crippen molar-refractivity contribution in [3.63, 3.8) is 0 Å². The van der Waals surface area contributed by atoms with Crippen molar-refractivity contribution in [1.29, 1.82) is 0 Å². The molecule has 0 spiro atoms. The van der Waals surface area contributed by atoms with Gasteiger partial charge in [-0.1, -0.05) is 11.6 Å². The Labute approximate surface area is 133 Å². The molecule has 1 heterocycles. The molecular weight excluding hydrogens is 344 g/mol. The lowest BCUT2D eigenvalue weighted by Crippen LogP contribution is -2.46. The fourth-order valence-corrected chi connectivity index (χ4v) is 2.51. The molecule has 10 heteroatoms. The number of likely N-dealkylation sites (N-methyl/N-ethyl adjacent to an activating group) is 1. The Kier molecular flexibility index (Phi) is 4.43. The number of carboxylic acid groups (broad SMARTS) is 1. The number of hydrogen-bond donors (Lipinski definition) is 1. The van der Waals surface area contributed by atoms with Gasteiger partial charge in [-0.2, -0.15) is 0 Å². The minimum absolute atomic E-state index is 0.294. The van der Waals surface area contributed by atoms with E-state index in [1.165, 1.54) is 0 Å². The van der Waals surface area contributed by atoms with E-state index >= 15 is 0 Å². The van der Waals surface area contributed by atoms with Gasteiger partial charge in [0.15, 0.2) is 0 Å². The maximum Gasteiger partial charge on any atom is 0.408 e. The van der Waals surface area contributed by atoms with Gasteiger partial charge in [0.25, 0.3) is 5.92 Å². The summed E-state index contributed by atoms with van der Waals surface area (Å²) >= 11 is 5.51. The number of carbonyl (C=O) groups is 2. The predicted octanol–water partition coefficient (Wildman–Crippen LogP) is 2.97. The molecule has 23 heavy (non-hydrogen) atoms. The van der Waals surface area contributed by atoms with Gasteiger partial charge in [0.2, 0.25) is 5.91 Å². The summed E-state index contributed by atoms with van der Waals surface area (Å²) in [6, 6.07) is -0.405. The third-order valence-electron chi connectivity index (χ3n) is 3.48. The van der Waals surface area contributed by atoms with Crippen LogP contribution in [0.3, 0.4) is 0 Å². The van der Waals surface area contributed by atoms with Crippen molar-refractivity contribution in [3.05, 3.63) is 28.8 Å². The number of carbonyl (C=O) groups excluding carboxylic acids is 1. The SMILES string of the molecule is CN(C(=O)[C@@H]1CC(F)(F)CN1C(=O)O)c1cc(Cl)c(F)cc1F. The largest absolute Gasteiger partial charge is 0.465 e. The molecule has 1 fully saturated rings. The van der Waals surface area contributed by atoms with E-state index in [1.807, 2.05) is 0 Å². The first kappa shape index (κ1) is 17.3. The number of halogens is 5. The van der Waals surface area contributed by atoms with Crippen LogP contribution in [0.5, 0.6) is 0 Å². The second-order valence-corrected chi connectivity index (χ2v) is 5.51. The number of anilines is 1. The molecule has 1 aromatic carbocycles. The van der Waals surface area contributed by atoms with E-state index in [4.69, 9.17) is 16.7 Å². The van der Waals surface area contributed by atoms with E-state index < -0.39 is 59.3 Å². The number of likely N-dealkylation sites (tertiary alicyclic amines) is 1. The van der Waals surface area contributed by atoms with Crippen LogP contribution in [0, 0.1) is 11.6 Å². The van der Waals surface area contributed by atoms with E-state index in [1.54, 1.807) is 0 Å². The smallest absolute Gasteiger partial charge is 0.408 e. The molecule has 0 aromatic heterocycles. The molecule has 0 aliphatic carbocycles. The van der Waals surface area contributed by atoms with Crippen molar-refractivity contribution in [2.75, 3.05) is 18.5 Å². The molecule has 126 valence electrons. The van der Waals surface area contributed by atoms with Gasteiger partial charge in [-0.15, -0.1) is 0 Å². The lowest BCUT2D eigenvalue weighted by molar-refractivity contribution is -0.122. The number of alkyl halides is 2. The van der Waals surface area contributed by atoms with Crippen LogP contribution in [0.25, 0.3) is 0 Å². The van der Waals surface area contributed by atoms with Gasteiger partial charge >= 0.3 is 6.09 Å². The fraction of sp³-hybridized carbons (Fsp3) is 0.385. The molecule has 0 radical (unpaired) electrons. The number of amides is 2. The Hall–Kier alpha value is -2.03. The highest BCUT2D eigenvalue weighted by Crippen LogP contribution is 2.34. The average Bonchev–Trinajstić information content (AvgIpc) is 2.77. The number of nitrogens with zero attached hydrogens (tertiary/aromatic N) is 2. The third kappa shape index (κ3) is 3.34. The molecule has 0 bridgehead atoms. The Morgan fingerprint density at radius 1 is 1.35 bits per heavy atom. The first-order chi connectivity index (χ1) is 10.5. The molecule has 1 saturated heterocycles. The Bertz CT molecular complexity index is 671. The van der Waals surface area contributed by atoms with Gasteiger partial charge in [0.1, 0.15) is 17.7 Å². The molecule has 2 rings (SSSR count). The average molecular weight is 355 g/mol. The first-order valence-corrected chi connectivity index (χ1v) is 6.71. The second-order valence-electron chi connectivity index (χ2n) is 5.10. The quantitative estimate of drug-likeness (QED) is 0.656. The Morgan fingerprint density at radius 2 is 1.96 bits per heavy atom. The molecule has 0 saturated carbocycles. The fourth-order valence-electron chi connectivity index (χ4n) is 2.35. The van der Waals surface area contributed by atoms with Crippen LogP contribution in [0.15, 0.2) is 12.1 Å². The van der Waals surface area contributed by atoms with Crippen molar-refractivity contribution in [2.45, 2.75) is 18.4 Å². The summed E-state index contributed by atoms with van der Waals surface area (Å²) in [5.74, 6) is -6.60. The van der Waals surface area contributed by atoms with Crippen molar-refractivity contribution >= 4 is 29.3 Å². The van der Waals surface area contributed by atoms with Gasteiger partial charge in [0, 0.05) is 19.5 Å². The summed E-state index contributed by atoms with van der Waals surface area (Å²) < 4.78 is 53.7. The number of benzene rings is 1. The Balaban J connectivity index is 2.32. The third-order valence-corrected chi connectivity index (χ3v) is 3.77. The van der Waals surface area contributed by atoms with Crippen LogP contribution < -0.4 is 4.90 Å². The lowest BCUT2D eigenvalue weighted by atomic mass is 10.1. The minimum Gasteiger partial charge on any atom is -0.465 e. The van der Waals surface area contributed by atoms with Gasteiger partial charge in [-0.05, 0) is 6.07 Å². The van der Waals surface area contributed by atoms with Gasteiger partial charge in [-0.3, -0.25) is 9.69 Å². The highest BCUT2D eigenvalue weighted by atomic mass is 35.5. The van der Waals surface area contributed by atoms with Crippen molar-refractivity contribution in [3.8, 4) is 0 Å². The maximum absolute atomic E-state index is 13.8. The first-order valence-electron chi connectivity index (χ1n) is 6.33. The standard InChI is InChI=1S/C13H11ClF4N2O3/c1-19(9-2-6(14)7(15)3-8(9)16)11(21)10-4-13(17,18)5-20(10)12(22)23/h2-3,10H,4-5H2,1H3,(H,22,23)/t10-/m0/s1. The molecule has 1 atom stereocenters. The van der Waals surface area contributed by atoms with Crippen LogP contribution >= 0.6 is 11.6 Å². The summed E-state index contributed by atoms with van der Waals surface area (Å²) in [7, 11) is 1.06. The summed E-state index contributed by atoms with van der Waals surface area (Å²) in [4.78, 5) is 24.2. The van der Waals surface area contributed by atoms with E-state index in [0.717, 1.165) is 13.1 Å². The highest BCUT2D eigenvalue weighted by Gasteiger charge is 2.51. The van der Waals surface area contributed by atoms with Crippen LogP contribution in [0.1, 0.15) is 6.42 Å². The summed E-state index contributed by atoms with van der Waals surface area (Å²) in [6.07, 6.45) is -2.70. The van der Waals surface area contributed by atoms with Crippen LogP contribution in [-0.2, 0) is 4.79 Å². The zero-order valence-electron chi connectivity index (χ0n) is 11.7. The molecule has 1 aromatic rings. The topological polar surface area (TPSA) is 60.9 Å².